The van der Waals surface area contributed by atoms with Crippen molar-refractivity contribution >= 4 is 55.1 Å². The average molecular weight is 504 g/mol. The maximum Gasteiger partial charge on any atom is 0.271 e. The van der Waals surface area contributed by atoms with Crippen LogP contribution in [0.25, 0.3) is 10.1 Å². The van der Waals surface area contributed by atoms with Gasteiger partial charge in [-0.3, -0.25) is 19.1 Å². The lowest BCUT2D eigenvalue weighted by molar-refractivity contribution is -0.118. The minimum Gasteiger partial charge on any atom is -0.355 e. The van der Waals surface area contributed by atoms with Gasteiger partial charge in [-0.25, -0.2) is 0 Å². The number of aryl methyl sites for hydroxylation is 1. The fraction of sp³-hybridized carbons (Fsp3) is 0.333. The standard InChI is InChI=1S/C21H22BrN5O3S/c1-13(28)23-5-6-24-20(29)17-11-16-12-26(7-2-8-27(16)25-17)21(30)19-9-14-3-4-15(22)10-18(14)31-19/h3-4,9-11H,2,5-8,12H2,1H3,(H,23,28)(H,24,29). The van der Waals surface area contributed by atoms with Gasteiger partial charge in [-0.2, -0.15) is 5.10 Å². The van der Waals surface area contributed by atoms with Crippen molar-refractivity contribution in [3.8, 4) is 0 Å². The highest BCUT2D eigenvalue weighted by molar-refractivity contribution is 9.10. The number of thiophene rings is 1. The van der Waals surface area contributed by atoms with Crippen molar-refractivity contribution in [2.24, 2.45) is 0 Å². The van der Waals surface area contributed by atoms with Crippen LogP contribution < -0.4 is 10.6 Å². The van der Waals surface area contributed by atoms with Crippen LogP contribution in [0.3, 0.4) is 0 Å². The number of benzene rings is 1. The number of fused-ring (bicyclic) bond motifs is 2. The van der Waals surface area contributed by atoms with E-state index in [0.717, 1.165) is 26.7 Å². The van der Waals surface area contributed by atoms with Crippen molar-refractivity contribution in [1.29, 1.82) is 0 Å². The zero-order chi connectivity index (χ0) is 22.0. The number of carbonyl (C=O) groups excluding carboxylic acids is 3. The molecule has 2 aromatic heterocycles. The number of nitrogens with zero attached hydrogens (tertiary/aromatic N) is 3. The van der Waals surface area contributed by atoms with Gasteiger partial charge < -0.3 is 15.5 Å². The summed E-state index contributed by atoms with van der Waals surface area (Å²) in [7, 11) is 0. The minimum atomic E-state index is -0.293. The minimum absolute atomic E-state index is 0.00622. The summed E-state index contributed by atoms with van der Waals surface area (Å²) in [4.78, 5) is 39.0. The Hall–Kier alpha value is -2.72. The Bertz CT molecular complexity index is 1160. The van der Waals surface area contributed by atoms with E-state index in [0.29, 0.717) is 43.3 Å². The number of carbonyl (C=O) groups is 3. The number of rotatable bonds is 5. The van der Waals surface area contributed by atoms with Crippen molar-refractivity contribution in [2.75, 3.05) is 19.6 Å². The van der Waals surface area contributed by atoms with Crippen LogP contribution in [-0.4, -0.2) is 52.0 Å². The zero-order valence-electron chi connectivity index (χ0n) is 17.0. The van der Waals surface area contributed by atoms with E-state index in [1.165, 1.54) is 18.3 Å². The number of aromatic nitrogens is 2. The molecule has 0 bridgehead atoms. The summed E-state index contributed by atoms with van der Waals surface area (Å²) >= 11 is 4.96. The molecule has 1 aromatic carbocycles. The molecule has 8 nitrogen and oxygen atoms in total. The molecule has 2 N–H and O–H groups in total. The smallest absolute Gasteiger partial charge is 0.271 e. The molecule has 0 atom stereocenters. The first kappa shape index (κ1) is 21.5. The maximum atomic E-state index is 13.2. The third-order valence-electron chi connectivity index (χ3n) is 5.01. The van der Waals surface area contributed by atoms with Gasteiger partial charge in [0.2, 0.25) is 5.91 Å². The predicted octanol–water partition coefficient (Wildman–Crippen LogP) is 2.77. The third-order valence-corrected chi connectivity index (χ3v) is 6.59. The first-order chi connectivity index (χ1) is 14.9. The predicted molar refractivity (Wildman–Crippen MR) is 122 cm³/mol. The molecule has 10 heteroatoms. The van der Waals surface area contributed by atoms with Gasteiger partial charge in [-0.05, 0) is 36.1 Å². The second-order valence-corrected chi connectivity index (χ2v) is 9.36. The van der Waals surface area contributed by atoms with Crippen LogP contribution in [0.4, 0.5) is 0 Å². The molecule has 0 unspecified atom stereocenters. The topological polar surface area (TPSA) is 96.3 Å². The molecule has 0 aliphatic carbocycles. The lowest BCUT2D eigenvalue weighted by atomic mass is 10.2. The van der Waals surface area contributed by atoms with E-state index >= 15 is 0 Å². The Labute approximate surface area is 191 Å². The van der Waals surface area contributed by atoms with E-state index in [4.69, 9.17) is 0 Å². The van der Waals surface area contributed by atoms with E-state index in [1.54, 1.807) is 10.7 Å². The SMILES string of the molecule is CC(=O)NCCNC(=O)c1cc2n(n1)CCCN(C(=O)c1cc3ccc(Br)cc3s1)C2. The largest absolute Gasteiger partial charge is 0.355 e. The molecule has 0 spiro atoms. The Morgan fingerprint density at radius 1 is 1.13 bits per heavy atom. The molecular formula is C21H22BrN5O3S. The molecule has 0 fully saturated rings. The van der Waals surface area contributed by atoms with Crippen molar-refractivity contribution in [3.05, 3.63) is 51.1 Å². The quantitative estimate of drug-likeness (QED) is 0.523. The van der Waals surface area contributed by atoms with Crippen LogP contribution in [0, 0.1) is 0 Å². The van der Waals surface area contributed by atoms with Gasteiger partial charge in [0.1, 0.15) is 0 Å². The molecule has 0 saturated heterocycles. The van der Waals surface area contributed by atoms with Gasteiger partial charge in [0, 0.05) is 42.3 Å². The summed E-state index contributed by atoms with van der Waals surface area (Å²) in [6.07, 6.45) is 0.764. The van der Waals surface area contributed by atoms with Crippen molar-refractivity contribution in [1.82, 2.24) is 25.3 Å². The fourth-order valence-electron chi connectivity index (χ4n) is 3.52. The van der Waals surface area contributed by atoms with Crippen LogP contribution >= 0.6 is 27.3 Å². The van der Waals surface area contributed by atoms with Crippen LogP contribution in [-0.2, 0) is 17.9 Å². The number of halogens is 1. The second kappa shape index (κ2) is 9.19. The monoisotopic (exact) mass is 503 g/mol. The van der Waals surface area contributed by atoms with Crippen molar-refractivity contribution in [3.63, 3.8) is 0 Å². The highest BCUT2D eigenvalue weighted by Gasteiger charge is 2.24. The highest BCUT2D eigenvalue weighted by atomic mass is 79.9. The number of amides is 3. The second-order valence-electron chi connectivity index (χ2n) is 7.36. The summed E-state index contributed by atoms with van der Waals surface area (Å²) in [5.41, 5.74) is 1.15. The molecule has 0 saturated carbocycles. The molecule has 3 aromatic rings. The average Bonchev–Trinajstić information content (AvgIpc) is 3.28. The van der Waals surface area contributed by atoms with Crippen LogP contribution in [0.1, 0.15) is 39.2 Å². The molecule has 4 rings (SSSR count). The van der Waals surface area contributed by atoms with E-state index < -0.39 is 0 Å². The first-order valence-electron chi connectivity index (χ1n) is 9.98. The van der Waals surface area contributed by atoms with Gasteiger partial charge in [0.15, 0.2) is 5.69 Å². The van der Waals surface area contributed by atoms with Gasteiger partial charge in [-0.15, -0.1) is 11.3 Å². The Balaban J connectivity index is 1.45. The van der Waals surface area contributed by atoms with Crippen LogP contribution in [0.15, 0.2) is 34.8 Å². The van der Waals surface area contributed by atoms with Gasteiger partial charge in [0.05, 0.1) is 17.1 Å². The molecular weight excluding hydrogens is 482 g/mol. The Morgan fingerprint density at radius 3 is 2.74 bits per heavy atom. The summed E-state index contributed by atoms with van der Waals surface area (Å²) in [5.74, 6) is -0.439. The molecule has 3 amide bonds. The van der Waals surface area contributed by atoms with Crippen molar-refractivity contribution < 1.29 is 14.4 Å². The van der Waals surface area contributed by atoms with E-state index in [2.05, 4.69) is 31.7 Å². The summed E-state index contributed by atoms with van der Waals surface area (Å²) in [6.45, 7) is 3.81. The number of nitrogens with one attached hydrogen (secondary N) is 2. The zero-order valence-corrected chi connectivity index (χ0v) is 19.4. The molecule has 31 heavy (non-hydrogen) atoms. The van der Waals surface area contributed by atoms with Gasteiger partial charge >= 0.3 is 0 Å². The van der Waals surface area contributed by atoms with E-state index in [-0.39, 0.29) is 17.7 Å². The van der Waals surface area contributed by atoms with E-state index in [1.807, 2.05) is 29.2 Å². The molecule has 0 radical (unpaired) electrons. The van der Waals surface area contributed by atoms with Crippen LogP contribution in [0.5, 0.6) is 0 Å². The number of hydrogen-bond donors (Lipinski definition) is 2. The van der Waals surface area contributed by atoms with Gasteiger partial charge in [-0.1, -0.05) is 22.0 Å². The lowest BCUT2D eigenvalue weighted by Gasteiger charge is -2.19. The third kappa shape index (κ3) is 4.96. The Kier molecular flexibility index (Phi) is 6.38. The number of hydrogen-bond acceptors (Lipinski definition) is 5. The summed E-state index contributed by atoms with van der Waals surface area (Å²) < 4.78 is 3.86. The van der Waals surface area contributed by atoms with E-state index in [9.17, 15) is 14.4 Å². The molecule has 3 heterocycles. The first-order valence-corrected chi connectivity index (χ1v) is 11.6. The fourth-order valence-corrected chi connectivity index (χ4v) is 5.10. The normalized spacial score (nSPS) is 13.5. The lowest BCUT2D eigenvalue weighted by Crippen LogP contribution is -2.33. The summed E-state index contributed by atoms with van der Waals surface area (Å²) in [6, 6.07) is 9.66. The van der Waals surface area contributed by atoms with Crippen LogP contribution in [0.2, 0.25) is 0 Å². The highest BCUT2D eigenvalue weighted by Crippen LogP contribution is 2.30. The molecule has 162 valence electrons. The Morgan fingerprint density at radius 2 is 1.94 bits per heavy atom. The van der Waals surface area contributed by atoms with Crippen molar-refractivity contribution in [2.45, 2.75) is 26.4 Å². The molecule has 1 aliphatic heterocycles. The molecule has 1 aliphatic rings. The summed E-state index contributed by atoms with van der Waals surface area (Å²) in [5, 5.41) is 10.8. The maximum absolute atomic E-state index is 13.2. The van der Waals surface area contributed by atoms with Gasteiger partial charge in [0.25, 0.3) is 11.8 Å².